The van der Waals surface area contributed by atoms with Crippen LogP contribution in [0.4, 0.5) is 14.9 Å². The molecule has 1 fully saturated rings. The molecule has 7 nitrogen and oxygen atoms in total. The monoisotopic (exact) mass is 415 g/mol. The molecule has 3 N–H and O–H groups in total. The standard InChI is InChI=1S/C22H26FN3O4/c1-15-4-9-19(20(11-15)30-14-18-3-2-10-29-18)26-21(27)13-25-22(28)24-12-16-5-7-17(23)8-6-16/h4-9,11,18H,2-3,10,12-14H2,1H3,(H,26,27)(H2,24,25,28). The number of aryl methyl sites for hydroxylation is 1. The molecule has 0 bridgehead atoms. The summed E-state index contributed by atoms with van der Waals surface area (Å²) in [7, 11) is 0. The van der Waals surface area contributed by atoms with Crippen LogP contribution in [-0.2, 0) is 16.1 Å². The summed E-state index contributed by atoms with van der Waals surface area (Å²) in [5, 5.41) is 7.87. The van der Waals surface area contributed by atoms with Gasteiger partial charge in [-0.3, -0.25) is 4.79 Å². The average molecular weight is 415 g/mol. The lowest BCUT2D eigenvalue weighted by atomic mass is 10.2. The highest BCUT2D eigenvalue weighted by molar-refractivity contribution is 5.95. The summed E-state index contributed by atoms with van der Waals surface area (Å²) >= 11 is 0. The van der Waals surface area contributed by atoms with Crippen molar-refractivity contribution in [3.8, 4) is 5.75 Å². The Morgan fingerprint density at radius 2 is 1.97 bits per heavy atom. The number of rotatable bonds is 8. The molecule has 0 radical (unpaired) electrons. The molecular weight excluding hydrogens is 389 g/mol. The number of halogens is 1. The molecule has 3 rings (SSSR count). The van der Waals surface area contributed by atoms with Gasteiger partial charge in [-0.05, 0) is 55.2 Å². The number of hydrogen-bond donors (Lipinski definition) is 3. The Morgan fingerprint density at radius 3 is 2.70 bits per heavy atom. The zero-order valence-electron chi connectivity index (χ0n) is 16.9. The molecule has 0 aromatic heterocycles. The van der Waals surface area contributed by atoms with Gasteiger partial charge in [-0.2, -0.15) is 0 Å². The third-order valence-electron chi connectivity index (χ3n) is 4.64. The van der Waals surface area contributed by atoms with Gasteiger partial charge in [0.05, 0.1) is 18.3 Å². The maximum Gasteiger partial charge on any atom is 0.315 e. The minimum atomic E-state index is -0.492. The van der Waals surface area contributed by atoms with Crippen LogP contribution < -0.4 is 20.7 Å². The Kier molecular flexibility index (Phi) is 7.62. The van der Waals surface area contributed by atoms with Crippen molar-refractivity contribution < 1.29 is 23.5 Å². The molecule has 2 aromatic carbocycles. The largest absolute Gasteiger partial charge is 0.489 e. The van der Waals surface area contributed by atoms with E-state index in [1.54, 1.807) is 18.2 Å². The first-order chi connectivity index (χ1) is 14.5. The third-order valence-corrected chi connectivity index (χ3v) is 4.64. The quantitative estimate of drug-likeness (QED) is 0.618. The summed E-state index contributed by atoms with van der Waals surface area (Å²) < 4.78 is 24.3. The fraction of sp³-hybridized carbons (Fsp3) is 0.364. The van der Waals surface area contributed by atoms with Gasteiger partial charge in [-0.1, -0.05) is 18.2 Å². The number of carbonyl (C=O) groups excluding carboxylic acids is 2. The van der Waals surface area contributed by atoms with Crippen molar-refractivity contribution in [2.45, 2.75) is 32.4 Å². The van der Waals surface area contributed by atoms with Gasteiger partial charge >= 0.3 is 6.03 Å². The zero-order chi connectivity index (χ0) is 21.3. The molecule has 3 amide bonds. The van der Waals surface area contributed by atoms with Crippen molar-refractivity contribution in [2.24, 2.45) is 0 Å². The first-order valence-corrected chi connectivity index (χ1v) is 9.90. The van der Waals surface area contributed by atoms with Crippen molar-refractivity contribution in [1.29, 1.82) is 0 Å². The number of nitrogens with one attached hydrogen (secondary N) is 3. The van der Waals surface area contributed by atoms with Gasteiger partial charge in [0.25, 0.3) is 0 Å². The second-order valence-electron chi connectivity index (χ2n) is 7.16. The number of anilines is 1. The van der Waals surface area contributed by atoms with Crippen LogP contribution in [0.5, 0.6) is 5.75 Å². The molecule has 30 heavy (non-hydrogen) atoms. The van der Waals surface area contributed by atoms with Crippen molar-refractivity contribution in [3.63, 3.8) is 0 Å². The Hall–Kier alpha value is -3.13. The van der Waals surface area contributed by atoms with Crippen LogP contribution in [0, 0.1) is 12.7 Å². The molecule has 1 heterocycles. The second-order valence-corrected chi connectivity index (χ2v) is 7.16. The van der Waals surface area contributed by atoms with E-state index in [1.165, 1.54) is 12.1 Å². The van der Waals surface area contributed by atoms with Crippen molar-refractivity contribution in [3.05, 3.63) is 59.4 Å². The van der Waals surface area contributed by atoms with Crippen LogP contribution in [0.15, 0.2) is 42.5 Å². The van der Waals surface area contributed by atoms with Crippen LogP contribution in [0.25, 0.3) is 0 Å². The number of carbonyl (C=O) groups is 2. The lowest BCUT2D eigenvalue weighted by Gasteiger charge is -2.16. The zero-order valence-corrected chi connectivity index (χ0v) is 16.9. The molecule has 160 valence electrons. The van der Waals surface area contributed by atoms with Crippen molar-refractivity contribution >= 4 is 17.6 Å². The third kappa shape index (κ3) is 6.73. The van der Waals surface area contributed by atoms with Crippen LogP contribution in [0.3, 0.4) is 0 Å². The summed E-state index contributed by atoms with van der Waals surface area (Å²) in [5.74, 6) is -0.146. The van der Waals surface area contributed by atoms with E-state index < -0.39 is 6.03 Å². The fourth-order valence-electron chi connectivity index (χ4n) is 3.01. The molecule has 0 aliphatic carbocycles. The van der Waals surface area contributed by atoms with E-state index in [4.69, 9.17) is 9.47 Å². The maximum atomic E-state index is 12.9. The van der Waals surface area contributed by atoms with Gasteiger partial charge in [0.1, 0.15) is 18.2 Å². The van der Waals surface area contributed by atoms with Crippen LogP contribution in [0.1, 0.15) is 24.0 Å². The van der Waals surface area contributed by atoms with E-state index in [1.807, 2.05) is 19.1 Å². The molecule has 1 atom stereocenters. The van der Waals surface area contributed by atoms with Crippen LogP contribution in [0.2, 0.25) is 0 Å². The minimum absolute atomic E-state index is 0.0699. The highest BCUT2D eigenvalue weighted by atomic mass is 19.1. The van der Waals surface area contributed by atoms with Crippen molar-refractivity contribution in [1.82, 2.24) is 10.6 Å². The number of urea groups is 1. The summed E-state index contributed by atoms with van der Waals surface area (Å²) in [4.78, 5) is 24.1. The first kappa shape index (κ1) is 21.6. The Bertz CT molecular complexity index is 867. The van der Waals surface area contributed by atoms with E-state index in [0.717, 1.165) is 30.6 Å². The van der Waals surface area contributed by atoms with Gasteiger partial charge in [-0.15, -0.1) is 0 Å². The normalized spacial score (nSPS) is 15.5. The maximum absolute atomic E-state index is 12.9. The molecule has 1 saturated heterocycles. The topological polar surface area (TPSA) is 88.7 Å². The molecule has 1 aliphatic heterocycles. The van der Waals surface area contributed by atoms with E-state index in [0.29, 0.717) is 18.0 Å². The molecule has 1 unspecified atom stereocenters. The average Bonchev–Trinajstić information content (AvgIpc) is 3.25. The Labute approximate surface area is 174 Å². The van der Waals surface area contributed by atoms with Gasteiger partial charge in [0.2, 0.25) is 5.91 Å². The Balaban J connectivity index is 1.45. The van der Waals surface area contributed by atoms with Crippen LogP contribution >= 0.6 is 0 Å². The first-order valence-electron chi connectivity index (χ1n) is 9.90. The molecule has 1 aliphatic rings. The van der Waals surface area contributed by atoms with E-state index >= 15 is 0 Å². The fourth-order valence-corrected chi connectivity index (χ4v) is 3.01. The summed E-state index contributed by atoms with van der Waals surface area (Å²) in [6.07, 6.45) is 2.06. The summed E-state index contributed by atoms with van der Waals surface area (Å²) in [6.45, 7) is 3.15. The summed E-state index contributed by atoms with van der Waals surface area (Å²) in [6, 6.07) is 10.8. The number of benzene rings is 2. The number of hydrogen-bond acceptors (Lipinski definition) is 4. The predicted octanol–water partition coefficient (Wildman–Crippen LogP) is 3.13. The van der Waals surface area contributed by atoms with Gasteiger partial charge in [0, 0.05) is 13.2 Å². The van der Waals surface area contributed by atoms with E-state index in [2.05, 4.69) is 16.0 Å². The molecule has 0 saturated carbocycles. The minimum Gasteiger partial charge on any atom is -0.489 e. The molecule has 8 heteroatoms. The Morgan fingerprint density at radius 1 is 1.17 bits per heavy atom. The van der Waals surface area contributed by atoms with Gasteiger partial charge in [-0.25, -0.2) is 9.18 Å². The SMILES string of the molecule is Cc1ccc(NC(=O)CNC(=O)NCc2ccc(F)cc2)c(OCC2CCCO2)c1. The second kappa shape index (κ2) is 10.6. The van der Waals surface area contributed by atoms with Gasteiger partial charge in [0.15, 0.2) is 0 Å². The van der Waals surface area contributed by atoms with Crippen LogP contribution in [-0.4, -0.2) is 37.8 Å². The molecular formula is C22H26FN3O4. The predicted molar refractivity (Wildman–Crippen MR) is 111 cm³/mol. The van der Waals surface area contributed by atoms with E-state index in [9.17, 15) is 14.0 Å². The smallest absolute Gasteiger partial charge is 0.315 e. The number of ether oxygens (including phenoxy) is 2. The molecule has 2 aromatic rings. The summed E-state index contributed by atoms with van der Waals surface area (Å²) in [5.41, 5.74) is 2.30. The lowest BCUT2D eigenvalue weighted by Crippen LogP contribution is -2.39. The van der Waals surface area contributed by atoms with Crippen molar-refractivity contribution in [2.75, 3.05) is 25.1 Å². The number of amides is 3. The highest BCUT2D eigenvalue weighted by Crippen LogP contribution is 2.26. The molecule has 0 spiro atoms. The highest BCUT2D eigenvalue weighted by Gasteiger charge is 2.17. The lowest BCUT2D eigenvalue weighted by molar-refractivity contribution is -0.115. The van der Waals surface area contributed by atoms with E-state index in [-0.39, 0.29) is 30.9 Å². The van der Waals surface area contributed by atoms with Gasteiger partial charge < -0.3 is 25.4 Å².